The minimum atomic E-state index is -0.888. The Kier molecular flexibility index (Phi) is 5.42. The van der Waals surface area contributed by atoms with Crippen LogP contribution in [0.1, 0.15) is 24.2 Å². The third kappa shape index (κ3) is 4.27. The molecule has 2 aromatic rings. The van der Waals surface area contributed by atoms with Crippen molar-refractivity contribution < 1.29 is 33.3 Å². The van der Waals surface area contributed by atoms with Gasteiger partial charge in [-0.3, -0.25) is 0 Å². The zero-order valence-corrected chi connectivity index (χ0v) is 14.9. The fourth-order valence-corrected chi connectivity index (χ4v) is 2.25. The lowest BCUT2D eigenvalue weighted by Crippen LogP contribution is -2.22. The van der Waals surface area contributed by atoms with E-state index >= 15 is 0 Å². The van der Waals surface area contributed by atoms with Gasteiger partial charge in [-0.1, -0.05) is 12.6 Å². The van der Waals surface area contributed by atoms with Crippen molar-refractivity contribution in [1.29, 1.82) is 0 Å². The number of rotatable bonds is 6. The normalized spacial score (nSPS) is 14.5. The molecule has 27 heavy (non-hydrogen) atoms. The Morgan fingerprint density at radius 2 is 1.70 bits per heavy atom. The minimum absolute atomic E-state index is 0.215. The van der Waals surface area contributed by atoms with Crippen LogP contribution in [0.15, 0.2) is 54.6 Å². The van der Waals surface area contributed by atoms with E-state index in [1.54, 1.807) is 25.1 Å². The molecule has 0 saturated heterocycles. The fraction of sp³-hybridized carbons (Fsp3) is 0.200. The van der Waals surface area contributed by atoms with Crippen LogP contribution in [0.5, 0.6) is 23.0 Å². The molecule has 0 N–H and O–H groups in total. The summed E-state index contributed by atoms with van der Waals surface area (Å²) in [7, 11) is 0. The Hall–Kier alpha value is -3.32. The average molecular weight is 370 g/mol. The van der Waals surface area contributed by atoms with Gasteiger partial charge in [0, 0.05) is 5.57 Å². The van der Waals surface area contributed by atoms with E-state index < -0.39 is 18.4 Å². The van der Waals surface area contributed by atoms with Gasteiger partial charge >= 0.3 is 18.4 Å². The topological polar surface area (TPSA) is 80.3 Å². The van der Waals surface area contributed by atoms with Crippen LogP contribution in [0.2, 0.25) is 0 Å². The molecule has 0 amide bonds. The first-order valence-electron chi connectivity index (χ1n) is 8.25. The summed E-state index contributed by atoms with van der Waals surface area (Å²) in [5, 5.41) is 0. The molecule has 1 aliphatic heterocycles. The van der Waals surface area contributed by atoms with Gasteiger partial charge in [0.15, 0.2) is 11.5 Å². The van der Waals surface area contributed by atoms with Gasteiger partial charge in [-0.25, -0.2) is 9.59 Å². The van der Waals surface area contributed by atoms with E-state index in [9.17, 15) is 9.59 Å². The van der Waals surface area contributed by atoms with Crippen LogP contribution in [0, 0.1) is 0 Å². The molecule has 1 heterocycles. The molecule has 0 aromatic heterocycles. The molecule has 0 bridgehead atoms. The Bertz CT molecular complexity index is 870. The second kappa shape index (κ2) is 7.92. The number of esters is 2. The van der Waals surface area contributed by atoms with Gasteiger partial charge in [0.05, 0.1) is 6.61 Å². The number of carbonyl (C=O) groups is 2. The number of hydrogen-bond donors (Lipinski definition) is 0. The summed E-state index contributed by atoms with van der Waals surface area (Å²) in [4.78, 5) is 24.0. The maximum absolute atomic E-state index is 12.5. The molecule has 1 aliphatic rings. The number of carbonyl (C=O) groups excluding carboxylic acids is 2. The molecule has 3 rings (SSSR count). The van der Waals surface area contributed by atoms with Crippen LogP contribution in [0.4, 0.5) is 0 Å². The van der Waals surface area contributed by atoms with Crippen molar-refractivity contribution in [2.75, 3.05) is 6.61 Å². The number of para-hydroxylation sites is 1. The van der Waals surface area contributed by atoms with E-state index in [0.717, 1.165) is 0 Å². The molecule has 0 saturated carbocycles. The van der Waals surface area contributed by atoms with Crippen LogP contribution >= 0.6 is 0 Å². The Balaban J connectivity index is 1.69. The summed E-state index contributed by atoms with van der Waals surface area (Å²) >= 11 is 0. The van der Waals surface area contributed by atoms with Gasteiger partial charge in [0.2, 0.25) is 0 Å². The molecule has 1 unspecified atom stereocenters. The largest absolute Gasteiger partial charge is 0.428 e. The maximum atomic E-state index is 12.5. The summed E-state index contributed by atoms with van der Waals surface area (Å²) in [5.74, 6) is 0.144. The van der Waals surface area contributed by atoms with Gasteiger partial charge in [-0.05, 0) is 50.2 Å². The van der Waals surface area contributed by atoms with Gasteiger partial charge in [-0.2, -0.15) is 0 Å². The monoisotopic (exact) mass is 370 g/mol. The van der Waals surface area contributed by atoms with Crippen LogP contribution < -0.4 is 18.9 Å². The summed E-state index contributed by atoms with van der Waals surface area (Å²) in [5.41, 5.74) is 0.503. The third-order valence-corrected chi connectivity index (χ3v) is 3.53. The molecule has 140 valence electrons. The predicted octanol–water partition coefficient (Wildman–Crippen LogP) is 3.48. The first kappa shape index (κ1) is 18.5. The summed E-state index contributed by atoms with van der Waals surface area (Å²) < 4.78 is 26.7. The SMILES string of the molecule is C=C(C)C(=O)Oc1ccc(OC(=O)c2cccc3c2OC(OCC)O3)cc1. The highest BCUT2D eigenvalue weighted by Gasteiger charge is 2.30. The lowest BCUT2D eigenvalue weighted by molar-refractivity contribution is -0.173. The van der Waals surface area contributed by atoms with E-state index in [1.165, 1.54) is 24.3 Å². The lowest BCUT2D eigenvalue weighted by atomic mass is 10.2. The number of fused-ring (bicyclic) bond motifs is 1. The van der Waals surface area contributed by atoms with E-state index in [-0.39, 0.29) is 22.6 Å². The lowest BCUT2D eigenvalue weighted by Gasteiger charge is -2.09. The molecule has 7 nitrogen and oxygen atoms in total. The zero-order valence-electron chi connectivity index (χ0n) is 14.9. The van der Waals surface area contributed by atoms with Gasteiger partial charge < -0.3 is 23.7 Å². The third-order valence-electron chi connectivity index (χ3n) is 3.53. The van der Waals surface area contributed by atoms with E-state index in [4.69, 9.17) is 23.7 Å². The second-order valence-electron chi connectivity index (χ2n) is 5.64. The van der Waals surface area contributed by atoms with Crippen molar-refractivity contribution in [3.8, 4) is 23.0 Å². The first-order chi connectivity index (χ1) is 13.0. The molecule has 0 fully saturated rings. The number of hydrogen-bond acceptors (Lipinski definition) is 7. The van der Waals surface area contributed by atoms with Crippen LogP contribution in [0.3, 0.4) is 0 Å². The predicted molar refractivity (Wildman–Crippen MR) is 95.0 cm³/mol. The number of benzene rings is 2. The van der Waals surface area contributed by atoms with Gasteiger partial charge in [0.25, 0.3) is 0 Å². The quantitative estimate of drug-likeness (QED) is 0.437. The molecule has 0 spiro atoms. The zero-order chi connectivity index (χ0) is 19.4. The summed E-state index contributed by atoms with van der Waals surface area (Å²) in [6, 6.07) is 11.0. The molecule has 7 heteroatoms. The summed E-state index contributed by atoms with van der Waals surface area (Å²) in [6.07, 6.45) is 0. The van der Waals surface area contributed by atoms with Gasteiger partial charge in [0.1, 0.15) is 17.1 Å². The highest BCUT2D eigenvalue weighted by atomic mass is 16.9. The standard InChI is InChI=1S/C20H18O7/c1-4-23-20-26-16-7-5-6-15(17(16)27-20)19(22)25-14-10-8-13(9-11-14)24-18(21)12(2)3/h5-11,20H,2,4H2,1,3H3. The fourth-order valence-electron chi connectivity index (χ4n) is 2.25. The molecule has 0 aliphatic carbocycles. The highest BCUT2D eigenvalue weighted by molar-refractivity contribution is 5.95. The smallest absolute Gasteiger partial charge is 0.361 e. The highest BCUT2D eigenvalue weighted by Crippen LogP contribution is 2.38. The van der Waals surface area contributed by atoms with Crippen LogP contribution in [-0.2, 0) is 9.53 Å². The van der Waals surface area contributed by atoms with E-state index in [1.807, 2.05) is 6.92 Å². The molecular formula is C20H18O7. The van der Waals surface area contributed by atoms with Crippen molar-refractivity contribution in [2.45, 2.75) is 20.3 Å². The molecule has 0 radical (unpaired) electrons. The summed E-state index contributed by atoms with van der Waals surface area (Å²) in [6.45, 7) is 6.39. The maximum Gasteiger partial charge on any atom is 0.361 e. The molecular weight excluding hydrogens is 352 g/mol. The van der Waals surface area contributed by atoms with Crippen molar-refractivity contribution in [1.82, 2.24) is 0 Å². The van der Waals surface area contributed by atoms with Crippen LogP contribution in [0.25, 0.3) is 0 Å². The molecule has 2 aromatic carbocycles. The van der Waals surface area contributed by atoms with E-state index in [0.29, 0.717) is 18.1 Å². The average Bonchev–Trinajstić information content (AvgIpc) is 3.06. The van der Waals surface area contributed by atoms with Crippen LogP contribution in [-0.4, -0.2) is 25.0 Å². The Morgan fingerprint density at radius 3 is 2.33 bits per heavy atom. The number of ether oxygens (including phenoxy) is 5. The van der Waals surface area contributed by atoms with E-state index in [2.05, 4.69) is 6.58 Å². The van der Waals surface area contributed by atoms with Crippen molar-refractivity contribution in [3.63, 3.8) is 0 Å². The molecule has 1 atom stereocenters. The minimum Gasteiger partial charge on any atom is -0.428 e. The second-order valence-corrected chi connectivity index (χ2v) is 5.64. The first-order valence-corrected chi connectivity index (χ1v) is 8.25. The van der Waals surface area contributed by atoms with Gasteiger partial charge in [-0.15, -0.1) is 0 Å². The Labute approximate surface area is 156 Å². The van der Waals surface area contributed by atoms with Crippen molar-refractivity contribution in [3.05, 3.63) is 60.2 Å². The Morgan fingerprint density at radius 1 is 1.04 bits per heavy atom. The van der Waals surface area contributed by atoms with Crippen molar-refractivity contribution in [2.24, 2.45) is 0 Å². The van der Waals surface area contributed by atoms with Crippen molar-refractivity contribution >= 4 is 11.9 Å².